The van der Waals surface area contributed by atoms with Crippen molar-refractivity contribution < 1.29 is 24.0 Å². The van der Waals surface area contributed by atoms with Crippen LogP contribution in [0.25, 0.3) is 0 Å². The van der Waals surface area contributed by atoms with E-state index in [2.05, 4.69) is 4.98 Å². The normalized spacial score (nSPS) is 14.0. The average Bonchev–Trinajstić information content (AvgIpc) is 3.12. The van der Waals surface area contributed by atoms with Gasteiger partial charge in [-0.1, -0.05) is 17.2 Å². The molecule has 7 nitrogen and oxygen atoms in total. The fraction of sp³-hybridized carbons (Fsp3) is 0.294. The summed E-state index contributed by atoms with van der Waals surface area (Å²) in [6.07, 6.45) is 1.34. The number of carbonyl (C=O) groups is 3. The molecule has 3 rings (SSSR count). The van der Waals surface area contributed by atoms with Crippen LogP contribution in [0.2, 0.25) is 0 Å². The zero-order valence-electron chi connectivity index (χ0n) is 13.9. The Labute approximate surface area is 148 Å². The van der Waals surface area contributed by atoms with Crippen molar-refractivity contribution in [3.8, 4) is 0 Å². The van der Waals surface area contributed by atoms with Crippen LogP contribution in [0, 0.1) is 0 Å². The Hall–Kier alpha value is -2.58. The van der Waals surface area contributed by atoms with Gasteiger partial charge in [-0.25, -0.2) is 9.78 Å². The standard InChI is InChI=1S/C17H16N2O5S/c1-17(2,3)23-9-13-18-8-12(25-13)16(22)24-19-14(20)10-6-4-5-7-11(10)15(19)21/h4-8H,9H2,1-3H3. The van der Waals surface area contributed by atoms with Gasteiger partial charge < -0.3 is 9.57 Å². The molecule has 0 bridgehead atoms. The Morgan fingerprint density at radius 1 is 1.16 bits per heavy atom. The quantitative estimate of drug-likeness (QED) is 0.780. The molecule has 0 saturated heterocycles. The van der Waals surface area contributed by atoms with Crippen LogP contribution < -0.4 is 0 Å². The molecule has 1 aromatic heterocycles. The molecule has 0 atom stereocenters. The number of hydroxylamine groups is 2. The molecule has 0 unspecified atom stereocenters. The third kappa shape index (κ3) is 3.59. The maximum absolute atomic E-state index is 12.2. The van der Waals surface area contributed by atoms with E-state index >= 15 is 0 Å². The molecule has 0 radical (unpaired) electrons. The van der Waals surface area contributed by atoms with Crippen LogP contribution in [0.15, 0.2) is 30.5 Å². The smallest absolute Gasteiger partial charge is 0.369 e. The molecular formula is C17H16N2O5S. The van der Waals surface area contributed by atoms with Crippen LogP contribution in [0.4, 0.5) is 0 Å². The number of ether oxygens (including phenoxy) is 1. The number of rotatable bonds is 4. The van der Waals surface area contributed by atoms with Crippen LogP contribution in [0.1, 0.15) is 56.2 Å². The minimum Gasteiger partial charge on any atom is -0.369 e. The van der Waals surface area contributed by atoms with E-state index in [4.69, 9.17) is 9.57 Å². The Kier molecular flexibility index (Phi) is 4.40. The molecule has 130 valence electrons. The monoisotopic (exact) mass is 360 g/mol. The van der Waals surface area contributed by atoms with E-state index in [1.807, 2.05) is 20.8 Å². The van der Waals surface area contributed by atoms with Crippen molar-refractivity contribution >= 4 is 29.1 Å². The summed E-state index contributed by atoms with van der Waals surface area (Å²) >= 11 is 1.09. The summed E-state index contributed by atoms with van der Waals surface area (Å²) in [5.41, 5.74) is 0.0970. The molecule has 0 fully saturated rings. The van der Waals surface area contributed by atoms with Gasteiger partial charge in [0.25, 0.3) is 11.8 Å². The van der Waals surface area contributed by atoms with E-state index in [0.717, 1.165) is 11.3 Å². The van der Waals surface area contributed by atoms with E-state index in [0.29, 0.717) is 10.1 Å². The van der Waals surface area contributed by atoms with Crippen molar-refractivity contribution in [3.05, 3.63) is 51.5 Å². The number of fused-ring (bicyclic) bond motifs is 1. The Morgan fingerprint density at radius 2 is 1.76 bits per heavy atom. The molecule has 2 aromatic rings. The fourth-order valence-electron chi connectivity index (χ4n) is 2.13. The number of aromatic nitrogens is 1. The van der Waals surface area contributed by atoms with Gasteiger partial charge in [-0.15, -0.1) is 11.3 Å². The zero-order chi connectivity index (χ0) is 18.2. The van der Waals surface area contributed by atoms with E-state index in [1.165, 1.54) is 18.3 Å². The maximum atomic E-state index is 12.2. The average molecular weight is 360 g/mol. The van der Waals surface area contributed by atoms with Gasteiger partial charge in [0.15, 0.2) is 0 Å². The summed E-state index contributed by atoms with van der Waals surface area (Å²) in [5.74, 6) is -2.13. The van der Waals surface area contributed by atoms with Crippen molar-refractivity contribution in [1.82, 2.24) is 10.0 Å². The van der Waals surface area contributed by atoms with Crippen molar-refractivity contribution in [1.29, 1.82) is 0 Å². The molecule has 8 heteroatoms. The molecule has 0 aliphatic carbocycles. The van der Waals surface area contributed by atoms with Crippen LogP contribution in [-0.4, -0.2) is 33.4 Å². The SMILES string of the molecule is CC(C)(C)OCc1ncc(C(=O)ON2C(=O)c3ccccc3C2=O)s1. The first kappa shape index (κ1) is 17.2. The van der Waals surface area contributed by atoms with Gasteiger partial charge in [0.1, 0.15) is 9.88 Å². The number of benzene rings is 1. The van der Waals surface area contributed by atoms with Crippen LogP contribution in [0.5, 0.6) is 0 Å². The van der Waals surface area contributed by atoms with Crippen LogP contribution >= 0.6 is 11.3 Å². The topological polar surface area (TPSA) is 85.8 Å². The Morgan fingerprint density at radius 3 is 2.32 bits per heavy atom. The summed E-state index contributed by atoms with van der Waals surface area (Å²) in [7, 11) is 0. The highest BCUT2D eigenvalue weighted by atomic mass is 32.1. The van der Waals surface area contributed by atoms with Gasteiger partial charge in [0, 0.05) is 0 Å². The van der Waals surface area contributed by atoms with Gasteiger partial charge in [-0.2, -0.15) is 0 Å². The third-order valence-corrected chi connectivity index (χ3v) is 4.27. The number of nitrogens with zero attached hydrogens (tertiary/aromatic N) is 2. The Bertz CT molecular complexity index is 818. The van der Waals surface area contributed by atoms with Gasteiger partial charge in [0.2, 0.25) is 0 Å². The summed E-state index contributed by atoms with van der Waals surface area (Å²) in [6.45, 7) is 6.00. The highest BCUT2D eigenvalue weighted by molar-refractivity contribution is 7.13. The van der Waals surface area contributed by atoms with Crippen molar-refractivity contribution in [3.63, 3.8) is 0 Å². The van der Waals surface area contributed by atoms with Gasteiger partial charge in [-0.3, -0.25) is 9.59 Å². The second-order valence-electron chi connectivity index (χ2n) is 6.35. The summed E-state index contributed by atoms with van der Waals surface area (Å²) in [5, 5.41) is 1.09. The first-order valence-corrected chi connectivity index (χ1v) is 8.37. The number of thiazole rings is 1. The van der Waals surface area contributed by atoms with Crippen molar-refractivity contribution in [2.75, 3.05) is 0 Å². The lowest BCUT2D eigenvalue weighted by atomic mass is 10.1. The number of carbonyl (C=O) groups excluding carboxylic acids is 3. The second-order valence-corrected chi connectivity index (χ2v) is 7.46. The minimum absolute atomic E-state index is 0.184. The molecule has 2 heterocycles. The third-order valence-electron chi connectivity index (χ3n) is 3.31. The van der Waals surface area contributed by atoms with Gasteiger partial charge >= 0.3 is 5.97 Å². The molecular weight excluding hydrogens is 344 g/mol. The number of hydrogen-bond acceptors (Lipinski definition) is 7. The highest BCUT2D eigenvalue weighted by Gasteiger charge is 2.39. The van der Waals surface area contributed by atoms with E-state index in [1.54, 1.807) is 12.1 Å². The first-order valence-electron chi connectivity index (χ1n) is 7.55. The maximum Gasteiger partial charge on any atom is 0.375 e. The molecule has 1 aliphatic rings. The number of hydrogen-bond donors (Lipinski definition) is 0. The van der Waals surface area contributed by atoms with Crippen LogP contribution in [-0.2, 0) is 16.2 Å². The van der Waals surface area contributed by atoms with E-state index < -0.39 is 17.8 Å². The van der Waals surface area contributed by atoms with Crippen molar-refractivity contribution in [2.45, 2.75) is 33.0 Å². The molecule has 0 saturated carbocycles. The predicted octanol–water partition coefficient (Wildman–Crippen LogP) is 2.83. The molecule has 1 aromatic carbocycles. The number of amides is 2. The van der Waals surface area contributed by atoms with Crippen molar-refractivity contribution in [2.24, 2.45) is 0 Å². The zero-order valence-corrected chi connectivity index (χ0v) is 14.8. The molecule has 0 spiro atoms. The van der Waals surface area contributed by atoms with Gasteiger partial charge in [-0.05, 0) is 32.9 Å². The lowest BCUT2D eigenvalue weighted by molar-refractivity contribution is -0.0581. The first-order chi connectivity index (χ1) is 11.8. The minimum atomic E-state index is -0.811. The predicted molar refractivity (Wildman–Crippen MR) is 89.0 cm³/mol. The molecule has 1 aliphatic heterocycles. The van der Waals surface area contributed by atoms with Crippen LogP contribution in [0.3, 0.4) is 0 Å². The molecule has 0 N–H and O–H groups in total. The largest absolute Gasteiger partial charge is 0.375 e. The second kappa shape index (κ2) is 6.38. The lowest BCUT2D eigenvalue weighted by Gasteiger charge is -2.18. The Balaban J connectivity index is 1.69. The fourth-order valence-corrected chi connectivity index (χ4v) is 2.83. The summed E-state index contributed by atoms with van der Waals surface area (Å²) in [4.78, 5) is 45.9. The van der Waals surface area contributed by atoms with E-state index in [9.17, 15) is 14.4 Å². The number of imide groups is 1. The molecule has 25 heavy (non-hydrogen) atoms. The van der Waals surface area contributed by atoms with E-state index in [-0.39, 0.29) is 28.2 Å². The molecule has 2 amide bonds. The highest BCUT2D eigenvalue weighted by Crippen LogP contribution is 2.24. The summed E-state index contributed by atoms with van der Waals surface area (Å²) < 4.78 is 5.60. The summed E-state index contributed by atoms with van der Waals surface area (Å²) in [6, 6.07) is 6.30. The lowest BCUT2D eigenvalue weighted by Crippen LogP contribution is -2.32. The van der Waals surface area contributed by atoms with Gasteiger partial charge in [0.05, 0.1) is 29.5 Å².